The van der Waals surface area contributed by atoms with Gasteiger partial charge in [-0.25, -0.2) is 0 Å². The predicted octanol–water partition coefficient (Wildman–Crippen LogP) is 6.10. The number of likely N-dealkylation sites (tertiary alicyclic amines) is 1. The van der Waals surface area contributed by atoms with Crippen molar-refractivity contribution in [3.05, 3.63) is 93.2 Å². The Morgan fingerprint density at radius 1 is 0.444 bits per heavy atom. The normalized spacial score (nSPS) is 25.7. The number of rotatable bonds is 2. The van der Waals surface area contributed by atoms with E-state index in [-0.39, 0.29) is 349 Å². The van der Waals surface area contributed by atoms with Crippen molar-refractivity contribution in [3.8, 4) is 0 Å². The third kappa shape index (κ3) is 15.5. The van der Waals surface area contributed by atoms with Gasteiger partial charge in [0.05, 0.1) is 47.3 Å². The van der Waals surface area contributed by atoms with E-state index in [2.05, 4.69) is 57.5 Å². The van der Waals surface area contributed by atoms with Gasteiger partial charge < -0.3 is 52.1 Å². The maximum absolute atomic E-state index is 12.8. The molecule has 63 heavy (non-hydrogen) atoms. The van der Waals surface area contributed by atoms with E-state index in [0.717, 1.165) is 33.4 Å². The molecule has 2 aliphatic carbocycles. The first-order valence-corrected chi connectivity index (χ1v) is 18.2. The first-order chi connectivity index (χ1) is 24.8. The molecule has 4 aliphatic heterocycles. The Hall–Kier alpha value is 4.94. The van der Waals surface area contributed by atoms with Crippen molar-refractivity contribution in [2.45, 2.75) is 102 Å². The van der Waals surface area contributed by atoms with Crippen molar-refractivity contribution >= 4 is 47.3 Å². The van der Waals surface area contributed by atoms with Gasteiger partial charge in [-0.15, -0.1) is 0 Å². The summed E-state index contributed by atoms with van der Waals surface area (Å²) in [6.45, 7) is 12.5. The van der Waals surface area contributed by atoms with Crippen LogP contribution in [0.4, 0.5) is 0 Å². The first-order valence-electron chi connectivity index (χ1n) is 18.2. The van der Waals surface area contributed by atoms with Gasteiger partial charge in [-0.05, 0) is 81.7 Å². The molecule has 8 unspecified atom stereocenters. The van der Waals surface area contributed by atoms with Crippen LogP contribution >= 0.6 is 0 Å². The largest absolute Gasteiger partial charge is 0.596 e. The Morgan fingerprint density at radius 2 is 0.810 bits per heavy atom. The van der Waals surface area contributed by atoms with Crippen LogP contribution in [0.5, 0.6) is 0 Å². The van der Waals surface area contributed by atoms with E-state index in [1.165, 1.54) is 11.9 Å². The van der Waals surface area contributed by atoms with Crippen LogP contribution < -0.4 is 0 Å². The summed E-state index contributed by atoms with van der Waals surface area (Å²) >= 11 is 0. The van der Waals surface area contributed by atoms with Crippen molar-refractivity contribution in [2.75, 3.05) is 7.05 Å². The van der Waals surface area contributed by atoms with Crippen LogP contribution in [0.15, 0.2) is 36.4 Å². The molecular weight excluding hydrogens is 1490 g/mol. The topological polar surface area (TPSA) is 182 Å². The molecule has 8 amide bonds. The minimum Gasteiger partial charge on any atom is -0.596 e. The van der Waals surface area contributed by atoms with Crippen molar-refractivity contribution in [1.29, 1.82) is 0 Å². The number of carbonyl (C=O) groups excluding carboxylic acids is 8. The Kier molecular flexibility index (Phi) is 35.1. The Bertz CT molecular complexity index is 2060. The molecular formula is C42H46N4O8Y9-4. The summed E-state index contributed by atoms with van der Waals surface area (Å²) < 4.78 is 0. The van der Waals surface area contributed by atoms with E-state index in [9.17, 15) is 38.4 Å². The van der Waals surface area contributed by atoms with Crippen molar-refractivity contribution in [3.63, 3.8) is 0 Å². The fourth-order valence-corrected chi connectivity index (χ4v) is 9.17. The van der Waals surface area contributed by atoms with Crippen molar-refractivity contribution in [1.82, 2.24) is 4.90 Å². The van der Waals surface area contributed by atoms with E-state index < -0.39 is 71.0 Å². The summed E-state index contributed by atoms with van der Waals surface area (Å²) in [4.78, 5) is 99.1. The maximum Gasteiger partial charge on any atom is 0.237 e. The summed E-state index contributed by atoms with van der Waals surface area (Å²) in [6, 6.07) is 11.9. The summed E-state index contributed by atoms with van der Waals surface area (Å²) in [7, 11) is 1.52. The Morgan fingerprint density at radius 3 is 1.17 bits per heavy atom. The van der Waals surface area contributed by atoms with Gasteiger partial charge in [-0.3, -0.25) is 14.5 Å². The Labute approximate surface area is 598 Å². The van der Waals surface area contributed by atoms with Gasteiger partial charge in [0.15, 0.2) is 0 Å². The van der Waals surface area contributed by atoms with Gasteiger partial charge in [0.1, 0.15) is 0 Å². The van der Waals surface area contributed by atoms with Crippen LogP contribution in [0.1, 0.15) is 124 Å². The molecule has 0 aromatic heterocycles. The van der Waals surface area contributed by atoms with Gasteiger partial charge in [-0.2, -0.15) is 0 Å². The molecule has 4 fully saturated rings. The number of hydrogen-bond acceptors (Lipinski definition) is 8. The maximum atomic E-state index is 12.8. The molecule has 2 aromatic carbocycles. The molecule has 0 spiro atoms. The molecule has 8 atom stereocenters. The summed E-state index contributed by atoms with van der Waals surface area (Å²) in [5, 5.41) is 10.8. The smallest absolute Gasteiger partial charge is 0.237 e. The average Bonchev–Trinajstić information content (AvgIpc) is 3.76. The monoisotopic (exact) mass is 1530 g/mol. The third-order valence-electron chi connectivity index (χ3n) is 12.1. The fourth-order valence-electron chi connectivity index (χ4n) is 9.17. The van der Waals surface area contributed by atoms with Gasteiger partial charge in [0.25, 0.3) is 0 Å². The number of benzene rings is 2. The zero-order chi connectivity index (χ0) is 38.5. The molecule has 2 aromatic rings. The SMILES string of the molecule is CC(C)(C)c1ccc2c(c1)C1C(=O)[N-]C(=O)C1CC2C1CC(=O)[N-]C1=O.CN1C(=O)C2CC(C3CC(=O)[N-]C3=O)c3ccc(C(C)(C)C)cc3C2C1=O.[CH3-].[Y].[Y].[Y].[Y].[Y].[Y].[Y].[Y].[Y]. The van der Waals surface area contributed by atoms with Crippen LogP contribution in [0, 0.1) is 31.1 Å². The van der Waals surface area contributed by atoms with E-state index in [1.54, 1.807) is 0 Å². The summed E-state index contributed by atoms with van der Waals surface area (Å²) in [5.74, 6) is -6.54. The first kappa shape index (κ1) is 74.5. The van der Waals surface area contributed by atoms with Crippen LogP contribution in [0.2, 0.25) is 0 Å². The summed E-state index contributed by atoms with van der Waals surface area (Å²) in [6.07, 6.45) is 0.917. The van der Waals surface area contributed by atoms with E-state index in [4.69, 9.17) is 0 Å². The van der Waals surface area contributed by atoms with E-state index in [0.29, 0.717) is 12.8 Å². The minimum absolute atomic E-state index is 0. The average molecular weight is 1540 g/mol. The van der Waals surface area contributed by atoms with Crippen molar-refractivity contribution in [2.24, 2.45) is 23.7 Å². The number of hydrogen-bond donors (Lipinski definition) is 0. The van der Waals surface area contributed by atoms with Crippen LogP contribution in [0.3, 0.4) is 0 Å². The van der Waals surface area contributed by atoms with Crippen LogP contribution in [-0.2, 0) is 344 Å². The number of carbonyl (C=O) groups is 8. The molecule has 313 valence electrons. The molecule has 9 radical (unpaired) electrons. The molecule has 0 bridgehead atoms. The molecule has 0 N–H and O–H groups in total. The van der Waals surface area contributed by atoms with Gasteiger partial charge in [-0.1, -0.05) is 77.9 Å². The number of nitrogens with zero attached hydrogens (tertiary/aromatic N) is 4. The van der Waals surface area contributed by atoms with Gasteiger partial charge >= 0.3 is 0 Å². The number of fused-ring (bicyclic) bond motifs is 6. The second-order valence-corrected chi connectivity index (χ2v) is 17.4. The Balaban J connectivity index is -0.000000477. The quantitative estimate of drug-likeness (QED) is 0.255. The third-order valence-corrected chi connectivity index (χ3v) is 12.1. The summed E-state index contributed by atoms with van der Waals surface area (Å²) in [5.41, 5.74) is 5.31. The molecule has 4 saturated heterocycles. The molecule has 0 saturated carbocycles. The molecule has 12 nitrogen and oxygen atoms in total. The second kappa shape index (κ2) is 29.7. The minimum atomic E-state index is -0.569. The van der Waals surface area contributed by atoms with E-state index >= 15 is 0 Å². The molecule has 8 rings (SSSR count). The van der Waals surface area contributed by atoms with Crippen LogP contribution in [-0.4, -0.2) is 59.2 Å². The van der Waals surface area contributed by atoms with Crippen molar-refractivity contribution < 1.29 is 333 Å². The van der Waals surface area contributed by atoms with E-state index in [1.807, 2.05) is 36.4 Å². The fraction of sp³-hybridized carbons (Fsp3) is 0.500. The molecule has 6 aliphatic rings. The zero-order valence-corrected chi connectivity index (χ0v) is 62.7. The number of imide groups is 4. The predicted molar refractivity (Wildman–Crippen MR) is 198 cm³/mol. The number of amides is 8. The zero-order valence-electron chi connectivity index (χ0n) is 37.2. The standard InChI is InChI=1S/C21H24N2O4.C20H22N2O4.CH3.9Y/c1-21(2,3)10-5-6-11-12(14-9-16(24)22-18(14)25)8-15-17(13(11)7-10)20(27)23(4)19(15)26;1-20(2,3)9-4-5-10-11(13-8-15(23)21-17(13)24)7-14-16(12(10)6-9)19(26)22-18(14)25;;;;;;;;;;/h5-7,12,14-15,17H,8-9H2,1-4H3,(H,22,24,25);4-6,11,13-14,16H,7-8H2,1-3H3,(H2,21,22,23,24,25,26);1H3;;;;;;;;;/q;;-1;;;;;;;;;/p-3. The molecule has 21 heteroatoms. The van der Waals surface area contributed by atoms with Gasteiger partial charge in [0.2, 0.25) is 11.8 Å². The van der Waals surface area contributed by atoms with Gasteiger partial charge in [0, 0.05) is 325 Å². The second-order valence-electron chi connectivity index (χ2n) is 17.4. The molecule has 4 heterocycles. The number of likely N-dealkylation sites (N-methyl/N-ethyl adjacent to an activating group) is 1. The van der Waals surface area contributed by atoms with Crippen LogP contribution in [0.25, 0.3) is 16.0 Å².